The molecular formula is C10H16O2. The van der Waals surface area contributed by atoms with Crippen LogP contribution in [-0.2, 0) is 0 Å². The Labute approximate surface area is 73.5 Å². The molecule has 0 atom stereocenters. The molecule has 0 aliphatic rings. The first-order valence-corrected chi connectivity index (χ1v) is 4.10. The van der Waals surface area contributed by atoms with Crippen LogP contribution in [0.1, 0.15) is 25.8 Å². The van der Waals surface area contributed by atoms with Crippen molar-refractivity contribution >= 4 is 0 Å². The molecule has 0 spiro atoms. The zero-order valence-electron chi connectivity index (χ0n) is 7.83. The molecule has 2 N–H and O–H groups in total. The summed E-state index contributed by atoms with van der Waals surface area (Å²) < 4.78 is 0. The first-order valence-electron chi connectivity index (χ1n) is 4.10. The number of hydrogen-bond acceptors (Lipinski definition) is 2. The van der Waals surface area contributed by atoms with E-state index in [1.54, 1.807) is 6.92 Å². The number of hydrogen-bond donors (Lipinski definition) is 2. The summed E-state index contributed by atoms with van der Waals surface area (Å²) in [7, 11) is 0. The van der Waals surface area contributed by atoms with E-state index in [1.165, 1.54) is 24.6 Å². The molecule has 2 heteroatoms. The van der Waals surface area contributed by atoms with Gasteiger partial charge in [0.1, 0.15) is 11.5 Å². The topological polar surface area (TPSA) is 40.5 Å². The Morgan fingerprint density at radius 1 is 1.17 bits per heavy atom. The van der Waals surface area contributed by atoms with Gasteiger partial charge in [-0.05, 0) is 30.7 Å². The zero-order chi connectivity index (χ0) is 9.56. The third-order valence-corrected chi connectivity index (χ3v) is 1.18. The van der Waals surface area contributed by atoms with Crippen LogP contribution in [0.15, 0.2) is 18.2 Å². The van der Waals surface area contributed by atoms with Crippen LogP contribution in [0, 0.1) is 6.92 Å². The van der Waals surface area contributed by atoms with E-state index in [1.807, 2.05) is 0 Å². The van der Waals surface area contributed by atoms with Crippen molar-refractivity contribution in [3.63, 3.8) is 0 Å². The fourth-order valence-electron chi connectivity index (χ4n) is 0.640. The summed E-state index contributed by atoms with van der Waals surface area (Å²) in [6.45, 7) is 5.98. The summed E-state index contributed by atoms with van der Waals surface area (Å²) in [6, 6.07) is 4.42. The van der Waals surface area contributed by atoms with E-state index < -0.39 is 0 Å². The second-order valence-electron chi connectivity index (χ2n) is 2.68. The van der Waals surface area contributed by atoms with E-state index in [0.29, 0.717) is 5.56 Å². The van der Waals surface area contributed by atoms with Gasteiger partial charge >= 0.3 is 0 Å². The van der Waals surface area contributed by atoms with Crippen molar-refractivity contribution in [3.05, 3.63) is 23.8 Å². The molecule has 0 radical (unpaired) electrons. The van der Waals surface area contributed by atoms with Crippen LogP contribution in [0.5, 0.6) is 11.5 Å². The maximum atomic E-state index is 8.93. The van der Waals surface area contributed by atoms with Crippen LogP contribution in [0.4, 0.5) is 0 Å². The highest BCUT2D eigenvalue weighted by molar-refractivity contribution is 5.37. The van der Waals surface area contributed by atoms with Crippen molar-refractivity contribution in [2.24, 2.45) is 0 Å². The van der Waals surface area contributed by atoms with Crippen LogP contribution in [0.3, 0.4) is 0 Å². The molecule has 0 saturated carbocycles. The predicted octanol–water partition coefficient (Wildman–Crippen LogP) is 2.82. The molecule has 12 heavy (non-hydrogen) atoms. The van der Waals surface area contributed by atoms with Crippen molar-refractivity contribution in [2.45, 2.75) is 27.2 Å². The summed E-state index contributed by atoms with van der Waals surface area (Å²) in [5.41, 5.74) is 0.690. The average molecular weight is 168 g/mol. The van der Waals surface area contributed by atoms with E-state index in [9.17, 15) is 0 Å². The van der Waals surface area contributed by atoms with Crippen molar-refractivity contribution in [1.29, 1.82) is 0 Å². The van der Waals surface area contributed by atoms with Gasteiger partial charge in [0.05, 0.1) is 0 Å². The SMILES string of the molecule is CCC.Cc1cc(O)ccc1O. The Bertz CT molecular complexity index is 231. The highest BCUT2D eigenvalue weighted by Gasteiger charge is 1.93. The quantitative estimate of drug-likeness (QED) is 0.585. The van der Waals surface area contributed by atoms with Gasteiger partial charge in [-0.2, -0.15) is 0 Å². The number of aryl methyl sites for hydroxylation is 1. The third kappa shape index (κ3) is 3.86. The number of benzene rings is 1. The second kappa shape index (κ2) is 5.47. The number of phenols is 2. The van der Waals surface area contributed by atoms with Crippen LogP contribution >= 0.6 is 0 Å². The van der Waals surface area contributed by atoms with Gasteiger partial charge < -0.3 is 10.2 Å². The predicted molar refractivity (Wildman–Crippen MR) is 50.5 cm³/mol. The molecule has 1 rings (SSSR count). The van der Waals surface area contributed by atoms with Crippen molar-refractivity contribution < 1.29 is 10.2 Å². The molecule has 1 aromatic carbocycles. The van der Waals surface area contributed by atoms with Gasteiger partial charge in [0.25, 0.3) is 0 Å². The molecule has 68 valence electrons. The molecule has 0 fully saturated rings. The van der Waals surface area contributed by atoms with E-state index in [-0.39, 0.29) is 11.5 Å². The minimum atomic E-state index is 0.185. The summed E-state index contributed by atoms with van der Waals surface area (Å²) in [5.74, 6) is 0.401. The zero-order valence-corrected chi connectivity index (χ0v) is 7.83. The van der Waals surface area contributed by atoms with Gasteiger partial charge in [-0.25, -0.2) is 0 Å². The molecular weight excluding hydrogens is 152 g/mol. The smallest absolute Gasteiger partial charge is 0.118 e. The minimum absolute atomic E-state index is 0.185. The number of phenolic OH excluding ortho intramolecular Hbond substituents is 2. The summed E-state index contributed by atoms with van der Waals surface area (Å²) >= 11 is 0. The summed E-state index contributed by atoms with van der Waals surface area (Å²) in [5, 5.41) is 17.8. The lowest BCUT2D eigenvalue weighted by atomic mass is 10.2. The van der Waals surface area contributed by atoms with E-state index in [2.05, 4.69) is 13.8 Å². The molecule has 0 heterocycles. The Kier molecular flexibility index (Phi) is 4.93. The van der Waals surface area contributed by atoms with Gasteiger partial charge in [-0.1, -0.05) is 20.3 Å². The molecule has 0 amide bonds. The van der Waals surface area contributed by atoms with Gasteiger partial charge in [-0.3, -0.25) is 0 Å². The van der Waals surface area contributed by atoms with Gasteiger partial charge in [0.2, 0.25) is 0 Å². The second-order valence-corrected chi connectivity index (χ2v) is 2.68. The van der Waals surface area contributed by atoms with Gasteiger partial charge in [0, 0.05) is 0 Å². The van der Waals surface area contributed by atoms with Crippen molar-refractivity contribution in [3.8, 4) is 11.5 Å². The van der Waals surface area contributed by atoms with E-state index >= 15 is 0 Å². The van der Waals surface area contributed by atoms with Gasteiger partial charge in [-0.15, -0.1) is 0 Å². The molecule has 1 aromatic rings. The Hall–Kier alpha value is -1.18. The maximum absolute atomic E-state index is 8.93. The van der Waals surface area contributed by atoms with E-state index in [4.69, 9.17) is 10.2 Å². The highest BCUT2D eigenvalue weighted by atomic mass is 16.3. The molecule has 0 aliphatic heterocycles. The monoisotopic (exact) mass is 168 g/mol. The van der Waals surface area contributed by atoms with Crippen LogP contribution < -0.4 is 0 Å². The van der Waals surface area contributed by atoms with Crippen LogP contribution in [-0.4, -0.2) is 10.2 Å². The first kappa shape index (κ1) is 10.8. The molecule has 0 saturated heterocycles. The molecule has 0 bridgehead atoms. The Morgan fingerprint density at radius 3 is 2.00 bits per heavy atom. The molecule has 0 aromatic heterocycles. The number of aromatic hydroxyl groups is 2. The Balaban J connectivity index is 0.000000354. The first-order chi connectivity index (χ1) is 5.61. The largest absolute Gasteiger partial charge is 0.508 e. The fraction of sp³-hybridized carbons (Fsp3) is 0.400. The Morgan fingerprint density at radius 2 is 1.67 bits per heavy atom. The molecule has 0 unspecified atom stereocenters. The lowest BCUT2D eigenvalue weighted by Gasteiger charge is -1.96. The fourth-order valence-corrected chi connectivity index (χ4v) is 0.640. The van der Waals surface area contributed by atoms with Crippen molar-refractivity contribution in [1.82, 2.24) is 0 Å². The summed E-state index contributed by atoms with van der Waals surface area (Å²) in [6.07, 6.45) is 1.25. The standard InChI is InChI=1S/C7H8O2.C3H8/c1-5-4-6(8)2-3-7(5)9;1-3-2/h2-4,8-9H,1H3;3H2,1-2H3. The highest BCUT2D eigenvalue weighted by Crippen LogP contribution is 2.19. The van der Waals surface area contributed by atoms with Crippen LogP contribution in [0.25, 0.3) is 0 Å². The summed E-state index contributed by atoms with van der Waals surface area (Å²) in [4.78, 5) is 0. The molecule has 2 nitrogen and oxygen atoms in total. The number of rotatable bonds is 0. The third-order valence-electron chi connectivity index (χ3n) is 1.18. The minimum Gasteiger partial charge on any atom is -0.508 e. The van der Waals surface area contributed by atoms with Crippen LogP contribution in [0.2, 0.25) is 0 Å². The van der Waals surface area contributed by atoms with Crippen molar-refractivity contribution in [2.75, 3.05) is 0 Å². The average Bonchev–Trinajstić information content (AvgIpc) is 1.99. The molecule has 0 aliphatic carbocycles. The lowest BCUT2D eigenvalue weighted by molar-refractivity contribution is 0.456. The van der Waals surface area contributed by atoms with Gasteiger partial charge in [0.15, 0.2) is 0 Å². The normalized spacial score (nSPS) is 8.58. The lowest BCUT2D eigenvalue weighted by Crippen LogP contribution is -1.71. The van der Waals surface area contributed by atoms with E-state index in [0.717, 1.165) is 0 Å². The maximum Gasteiger partial charge on any atom is 0.118 e.